The van der Waals surface area contributed by atoms with Gasteiger partial charge in [-0.3, -0.25) is 4.79 Å². The van der Waals surface area contributed by atoms with Gasteiger partial charge >= 0.3 is 0 Å². The second-order valence-corrected chi connectivity index (χ2v) is 7.07. The molecule has 1 atom stereocenters. The summed E-state index contributed by atoms with van der Waals surface area (Å²) in [6.45, 7) is 4.34. The summed E-state index contributed by atoms with van der Waals surface area (Å²) in [6, 6.07) is 9.98. The van der Waals surface area contributed by atoms with Crippen molar-refractivity contribution in [2.24, 2.45) is 11.8 Å². The second-order valence-electron chi connectivity index (χ2n) is 6.21. The van der Waals surface area contributed by atoms with Gasteiger partial charge in [0.15, 0.2) is 0 Å². The summed E-state index contributed by atoms with van der Waals surface area (Å²) in [5.41, 5.74) is 3.68. The Kier molecular flexibility index (Phi) is 7.21. The van der Waals surface area contributed by atoms with E-state index in [0.29, 0.717) is 18.3 Å². The molecule has 1 aliphatic rings. The number of hydrogen-bond donors (Lipinski definition) is 2. The number of amides is 1. The Morgan fingerprint density at radius 1 is 1.33 bits per heavy atom. The number of carbonyl (C=O) groups is 1. The molecular formula is C18H24ClN3OS. The van der Waals surface area contributed by atoms with E-state index in [0.717, 1.165) is 29.3 Å². The summed E-state index contributed by atoms with van der Waals surface area (Å²) in [4.78, 5) is 16.8. The van der Waals surface area contributed by atoms with Crippen LogP contribution < -0.4 is 10.6 Å². The maximum Gasteiger partial charge on any atom is 0.225 e. The first-order valence-electron chi connectivity index (χ1n) is 8.23. The number of aromatic nitrogens is 1. The molecule has 2 heterocycles. The summed E-state index contributed by atoms with van der Waals surface area (Å²) in [5.74, 6) is 1.17. The highest BCUT2D eigenvalue weighted by Gasteiger charge is 2.22. The lowest BCUT2D eigenvalue weighted by atomic mass is 9.84. The maximum atomic E-state index is 12.4. The molecule has 3 rings (SSSR count). The zero-order valence-electron chi connectivity index (χ0n) is 13.8. The maximum absolute atomic E-state index is 12.4. The zero-order valence-corrected chi connectivity index (χ0v) is 15.5. The van der Waals surface area contributed by atoms with E-state index in [4.69, 9.17) is 0 Å². The van der Waals surface area contributed by atoms with Crippen molar-refractivity contribution in [3.63, 3.8) is 0 Å². The summed E-state index contributed by atoms with van der Waals surface area (Å²) in [5, 5.41) is 7.28. The molecule has 0 bridgehead atoms. The lowest BCUT2D eigenvalue weighted by Crippen LogP contribution is -2.32. The first kappa shape index (κ1) is 18.9. The van der Waals surface area contributed by atoms with Crippen molar-refractivity contribution in [2.45, 2.75) is 26.2 Å². The van der Waals surface area contributed by atoms with Crippen molar-refractivity contribution in [2.75, 3.05) is 18.4 Å². The van der Waals surface area contributed by atoms with E-state index >= 15 is 0 Å². The Balaban J connectivity index is 0.00000208. The highest BCUT2D eigenvalue weighted by molar-refractivity contribution is 7.14. The molecule has 0 spiro atoms. The SMILES string of the molecule is CC(CC(=O)Nc1scnc1-c1ccccc1)C1CCNCC1.Cl. The normalized spacial score (nSPS) is 16.2. The van der Waals surface area contributed by atoms with Gasteiger partial charge in [-0.15, -0.1) is 23.7 Å². The van der Waals surface area contributed by atoms with Crippen molar-refractivity contribution in [1.82, 2.24) is 10.3 Å². The van der Waals surface area contributed by atoms with E-state index in [1.807, 2.05) is 30.3 Å². The molecule has 4 nitrogen and oxygen atoms in total. The molecule has 1 unspecified atom stereocenters. The second kappa shape index (κ2) is 9.16. The molecule has 2 N–H and O–H groups in total. The third kappa shape index (κ3) is 4.79. The molecule has 0 saturated carbocycles. The van der Waals surface area contributed by atoms with Crippen LogP contribution in [0.2, 0.25) is 0 Å². The standard InChI is InChI=1S/C18H23N3OS.ClH/c1-13(14-7-9-19-10-8-14)11-16(22)21-18-17(20-12-23-18)15-5-3-2-4-6-15;/h2-6,12-14,19H,7-11H2,1H3,(H,21,22);1H. The van der Waals surface area contributed by atoms with Crippen LogP contribution >= 0.6 is 23.7 Å². The van der Waals surface area contributed by atoms with E-state index in [9.17, 15) is 4.79 Å². The van der Waals surface area contributed by atoms with E-state index < -0.39 is 0 Å². The van der Waals surface area contributed by atoms with Crippen LogP contribution in [-0.2, 0) is 4.79 Å². The Morgan fingerprint density at radius 3 is 2.75 bits per heavy atom. The number of hydrogen-bond acceptors (Lipinski definition) is 4. The molecule has 6 heteroatoms. The number of anilines is 1. The van der Waals surface area contributed by atoms with Gasteiger partial charge in [0.25, 0.3) is 0 Å². The van der Waals surface area contributed by atoms with Gasteiger partial charge in [0.2, 0.25) is 5.91 Å². The van der Waals surface area contributed by atoms with Crippen LogP contribution in [0.25, 0.3) is 11.3 Å². The molecule has 24 heavy (non-hydrogen) atoms. The van der Waals surface area contributed by atoms with Gasteiger partial charge in [-0.05, 0) is 37.8 Å². The fourth-order valence-corrected chi connectivity index (χ4v) is 3.91. The third-order valence-electron chi connectivity index (χ3n) is 4.56. The predicted octanol–water partition coefficient (Wildman–Crippen LogP) is 4.20. The fourth-order valence-electron chi connectivity index (χ4n) is 3.19. The van der Waals surface area contributed by atoms with Crippen LogP contribution in [0.1, 0.15) is 26.2 Å². The van der Waals surface area contributed by atoms with E-state index in [1.165, 1.54) is 24.2 Å². The van der Waals surface area contributed by atoms with Gasteiger partial charge in [-0.2, -0.15) is 0 Å². The van der Waals surface area contributed by atoms with Crippen LogP contribution in [0.3, 0.4) is 0 Å². The average Bonchev–Trinajstić information content (AvgIpc) is 3.04. The first-order valence-corrected chi connectivity index (χ1v) is 9.11. The number of thiazole rings is 1. The van der Waals surface area contributed by atoms with Gasteiger partial charge in [0.05, 0.1) is 5.51 Å². The Bertz CT molecular complexity index is 641. The average molecular weight is 366 g/mol. The molecule has 1 saturated heterocycles. The van der Waals surface area contributed by atoms with Gasteiger partial charge in [0, 0.05) is 12.0 Å². The lowest BCUT2D eigenvalue weighted by Gasteiger charge is -2.27. The summed E-state index contributed by atoms with van der Waals surface area (Å²) < 4.78 is 0. The minimum absolute atomic E-state index is 0. The Labute approximate surface area is 153 Å². The van der Waals surface area contributed by atoms with E-state index in [2.05, 4.69) is 22.5 Å². The molecule has 2 aromatic rings. The van der Waals surface area contributed by atoms with Gasteiger partial charge < -0.3 is 10.6 Å². The monoisotopic (exact) mass is 365 g/mol. The first-order chi connectivity index (χ1) is 11.2. The molecule has 1 aliphatic heterocycles. The van der Waals surface area contributed by atoms with Gasteiger partial charge in [-0.25, -0.2) is 4.98 Å². The van der Waals surface area contributed by atoms with Gasteiger partial charge in [0.1, 0.15) is 10.7 Å². The predicted molar refractivity (Wildman–Crippen MR) is 103 cm³/mol. The lowest BCUT2D eigenvalue weighted by molar-refractivity contribution is -0.117. The quantitative estimate of drug-likeness (QED) is 0.835. The Hall–Kier alpha value is -1.43. The Morgan fingerprint density at radius 2 is 2.04 bits per heavy atom. The fraction of sp³-hybridized carbons (Fsp3) is 0.444. The number of carbonyl (C=O) groups excluding carboxylic acids is 1. The van der Waals surface area contributed by atoms with Crippen molar-refractivity contribution in [1.29, 1.82) is 0 Å². The van der Waals surface area contributed by atoms with Crippen molar-refractivity contribution < 1.29 is 4.79 Å². The molecule has 1 fully saturated rings. The summed E-state index contributed by atoms with van der Waals surface area (Å²) in [7, 11) is 0. The smallest absolute Gasteiger partial charge is 0.225 e. The molecule has 1 amide bonds. The number of halogens is 1. The van der Waals surface area contributed by atoms with Crippen molar-refractivity contribution in [3.8, 4) is 11.3 Å². The summed E-state index contributed by atoms with van der Waals surface area (Å²) in [6.07, 6.45) is 2.92. The molecule has 0 aliphatic carbocycles. The molecular weight excluding hydrogens is 342 g/mol. The highest BCUT2D eigenvalue weighted by atomic mass is 35.5. The van der Waals surface area contributed by atoms with Crippen LogP contribution in [0, 0.1) is 11.8 Å². The molecule has 0 radical (unpaired) electrons. The highest BCUT2D eigenvalue weighted by Crippen LogP contribution is 2.31. The zero-order chi connectivity index (χ0) is 16.1. The molecule has 1 aromatic carbocycles. The van der Waals surface area contributed by atoms with Crippen LogP contribution in [0.15, 0.2) is 35.8 Å². The number of nitrogens with one attached hydrogen (secondary N) is 2. The molecule has 1 aromatic heterocycles. The van der Waals surface area contributed by atoms with E-state index in [-0.39, 0.29) is 18.3 Å². The summed E-state index contributed by atoms with van der Waals surface area (Å²) >= 11 is 1.48. The minimum atomic E-state index is 0. The van der Waals surface area contributed by atoms with Crippen molar-refractivity contribution >= 4 is 34.7 Å². The van der Waals surface area contributed by atoms with Crippen LogP contribution in [-0.4, -0.2) is 24.0 Å². The number of rotatable bonds is 5. The minimum Gasteiger partial charge on any atom is -0.317 e. The molecule has 130 valence electrons. The largest absolute Gasteiger partial charge is 0.317 e. The van der Waals surface area contributed by atoms with Gasteiger partial charge in [-0.1, -0.05) is 37.3 Å². The van der Waals surface area contributed by atoms with Crippen LogP contribution in [0.4, 0.5) is 5.00 Å². The van der Waals surface area contributed by atoms with Crippen LogP contribution in [0.5, 0.6) is 0 Å². The number of nitrogens with zero attached hydrogens (tertiary/aromatic N) is 1. The van der Waals surface area contributed by atoms with E-state index in [1.54, 1.807) is 5.51 Å². The third-order valence-corrected chi connectivity index (χ3v) is 5.31. The van der Waals surface area contributed by atoms with Crippen molar-refractivity contribution in [3.05, 3.63) is 35.8 Å². The number of piperidine rings is 1. The topological polar surface area (TPSA) is 54.0 Å². The number of benzene rings is 1.